The van der Waals surface area contributed by atoms with E-state index in [1.807, 2.05) is 23.1 Å². The van der Waals surface area contributed by atoms with Crippen LogP contribution in [0.5, 0.6) is 0 Å². The first-order valence-electron chi connectivity index (χ1n) is 7.14. The molecular formula is C17H16ClN3O. The third kappa shape index (κ3) is 2.97. The third-order valence-electron chi connectivity index (χ3n) is 3.69. The molecule has 2 aromatic rings. The molecule has 0 fully saturated rings. The van der Waals surface area contributed by atoms with Crippen molar-refractivity contribution in [2.24, 2.45) is 10.7 Å². The molecule has 1 aliphatic heterocycles. The molecule has 112 valence electrons. The van der Waals surface area contributed by atoms with Gasteiger partial charge >= 0.3 is 0 Å². The molecule has 0 unspecified atom stereocenters. The zero-order chi connectivity index (χ0) is 15.5. The summed E-state index contributed by atoms with van der Waals surface area (Å²) < 4.78 is 0. The molecule has 0 atom stereocenters. The topological polar surface area (TPSA) is 58.7 Å². The van der Waals surface area contributed by atoms with Gasteiger partial charge in [-0.3, -0.25) is 4.79 Å². The highest BCUT2D eigenvalue weighted by Gasteiger charge is 2.19. The Morgan fingerprint density at radius 3 is 2.64 bits per heavy atom. The van der Waals surface area contributed by atoms with Crippen LogP contribution in [-0.2, 0) is 6.42 Å². The monoisotopic (exact) mass is 313 g/mol. The number of carbonyl (C=O) groups excluding carboxylic acids is 1. The number of aliphatic imine (C=N–C) groups is 1. The summed E-state index contributed by atoms with van der Waals surface area (Å²) in [5.74, 6) is -0.135. The van der Waals surface area contributed by atoms with Crippen molar-refractivity contribution in [1.82, 2.24) is 0 Å². The number of hydrogen-bond donors (Lipinski definition) is 1. The fourth-order valence-electron chi connectivity index (χ4n) is 2.59. The van der Waals surface area contributed by atoms with Crippen LogP contribution in [0.2, 0.25) is 5.02 Å². The second-order valence-corrected chi connectivity index (χ2v) is 5.60. The minimum absolute atomic E-state index is 0.229. The van der Waals surface area contributed by atoms with Crippen LogP contribution in [-0.4, -0.2) is 18.4 Å². The molecule has 5 heteroatoms. The van der Waals surface area contributed by atoms with E-state index in [1.165, 1.54) is 5.56 Å². The molecule has 2 N–H and O–H groups in total. The number of para-hydroxylation sites is 1. The number of aryl methyl sites for hydroxylation is 1. The fraction of sp³-hybridized carbons (Fsp3) is 0.176. The average molecular weight is 314 g/mol. The van der Waals surface area contributed by atoms with Gasteiger partial charge < -0.3 is 10.6 Å². The predicted octanol–water partition coefficient (Wildman–Crippen LogP) is 3.25. The number of amides is 1. The number of anilines is 1. The predicted molar refractivity (Wildman–Crippen MR) is 89.5 cm³/mol. The summed E-state index contributed by atoms with van der Waals surface area (Å²) in [5.41, 5.74) is 8.78. The van der Waals surface area contributed by atoms with Crippen LogP contribution in [0.25, 0.3) is 0 Å². The molecule has 0 saturated carbocycles. The van der Waals surface area contributed by atoms with Crippen LogP contribution in [0.15, 0.2) is 53.5 Å². The highest BCUT2D eigenvalue weighted by molar-refractivity contribution is 6.30. The number of benzene rings is 2. The summed E-state index contributed by atoms with van der Waals surface area (Å²) in [6, 6.07) is 14.7. The Labute approximate surface area is 134 Å². The lowest BCUT2D eigenvalue weighted by Gasteiger charge is -2.29. The zero-order valence-corrected chi connectivity index (χ0v) is 12.8. The lowest BCUT2D eigenvalue weighted by atomic mass is 10.0. The summed E-state index contributed by atoms with van der Waals surface area (Å²) in [5, 5.41) is 0.582. The maximum Gasteiger partial charge on any atom is 0.280 e. The first-order valence-corrected chi connectivity index (χ1v) is 7.52. The summed E-state index contributed by atoms with van der Waals surface area (Å²) in [6.45, 7) is 0.764. The number of nitrogens with two attached hydrogens (primary N) is 1. The van der Waals surface area contributed by atoms with Gasteiger partial charge in [-0.25, -0.2) is 0 Å². The highest BCUT2D eigenvalue weighted by Crippen LogP contribution is 2.26. The maximum atomic E-state index is 12.2. The van der Waals surface area contributed by atoms with Crippen molar-refractivity contribution in [3.63, 3.8) is 0 Å². The average Bonchev–Trinajstić information content (AvgIpc) is 2.54. The molecule has 1 amide bonds. The molecule has 1 heterocycles. The molecular weight excluding hydrogens is 298 g/mol. The third-order valence-corrected chi connectivity index (χ3v) is 3.95. The van der Waals surface area contributed by atoms with E-state index in [1.54, 1.807) is 24.3 Å². The summed E-state index contributed by atoms with van der Waals surface area (Å²) in [4.78, 5) is 18.1. The van der Waals surface area contributed by atoms with Crippen LogP contribution >= 0.6 is 11.6 Å². The van der Waals surface area contributed by atoms with Gasteiger partial charge in [0.25, 0.3) is 5.91 Å². The molecule has 22 heavy (non-hydrogen) atoms. The van der Waals surface area contributed by atoms with E-state index in [0.717, 1.165) is 25.1 Å². The Morgan fingerprint density at radius 1 is 1.14 bits per heavy atom. The van der Waals surface area contributed by atoms with Gasteiger partial charge in [-0.15, -0.1) is 0 Å². The smallest absolute Gasteiger partial charge is 0.280 e. The van der Waals surface area contributed by atoms with Gasteiger partial charge in [0.15, 0.2) is 0 Å². The Kier molecular flexibility index (Phi) is 4.11. The molecule has 2 aromatic carbocycles. The van der Waals surface area contributed by atoms with Crippen molar-refractivity contribution in [3.05, 3.63) is 64.7 Å². The molecule has 0 radical (unpaired) electrons. The van der Waals surface area contributed by atoms with Crippen LogP contribution in [0, 0.1) is 0 Å². The van der Waals surface area contributed by atoms with Crippen molar-refractivity contribution in [2.45, 2.75) is 12.8 Å². The Morgan fingerprint density at radius 2 is 1.86 bits per heavy atom. The Balaban J connectivity index is 1.86. The van der Waals surface area contributed by atoms with Crippen LogP contribution in [0.1, 0.15) is 22.3 Å². The van der Waals surface area contributed by atoms with Gasteiger partial charge in [0.2, 0.25) is 5.96 Å². The van der Waals surface area contributed by atoms with E-state index < -0.39 is 0 Å². The number of rotatable bonds is 1. The van der Waals surface area contributed by atoms with Crippen LogP contribution in [0.4, 0.5) is 5.69 Å². The Hall–Kier alpha value is -2.33. The van der Waals surface area contributed by atoms with Gasteiger partial charge in [0.05, 0.1) is 0 Å². The normalized spacial score (nSPS) is 14.6. The molecule has 0 bridgehead atoms. The number of carbonyl (C=O) groups is 1. The lowest BCUT2D eigenvalue weighted by molar-refractivity contribution is 0.100. The molecule has 0 aliphatic carbocycles. The molecule has 3 rings (SSSR count). The van der Waals surface area contributed by atoms with Crippen molar-refractivity contribution in [3.8, 4) is 0 Å². The largest absolute Gasteiger partial charge is 0.369 e. The van der Waals surface area contributed by atoms with Gasteiger partial charge in [-0.05, 0) is 48.7 Å². The first kappa shape index (κ1) is 14.6. The summed E-state index contributed by atoms with van der Waals surface area (Å²) >= 11 is 5.82. The van der Waals surface area contributed by atoms with Crippen molar-refractivity contribution < 1.29 is 4.79 Å². The molecule has 0 aromatic heterocycles. The second kappa shape index (κ2) is 6.20. The van der Waals surface area contributed by atoms with E-state index in [9.17, 15) is 4.79 Å². The second-order valence-electron chi connectivity index (χ2n) is 5.17. The van der Waals surface area contributed by atoms with Crippen LogP contribution < -0.4 is 10.6 Å². The molecule has 0 saturated heterocycles. The SMILES string of the molecule is NC(=NC(=O)c1ccc(Cl)cc1)N1CCCc2ccccc21. The number of guanidine groups is 1. The van der Waals surface area contributed by atoms with E-state index in [4.69, 9.17) is 17.3 Å². The fourth-order valence-corrected chi connectivity index (χ4v) is 2.72. The van der Waals surface area contributed by atoms with Crippen molar-refractivity contribution >= 4 is 29.2 Å². The van der Waals surface area contributed by atoms with Gasteiger partial charge in [0, 0.05) is 22.8 Å². The van der Waals surface area contributed by atoms with E-state index in [2.05, 4.69) is 11.1 Å². The molecule has 0 spiro atoms. The maximum absolute atomic E-state index is 12.2. The summed E-state index contributed by atoms with van der Waals surface area (Å²) in [7, 11) is 0. The van der Waals surface area contributed by atoms with Gasteiger partial charge in [0.1, 0.15) is 0 Å². The number of nitrogens with zero attached hydrogens (tertiary/aromatic N) is 2. The van der Waals surface area contributed by atoms with Crippen molar-refractivity contribution in [2.75, 3.05) is 11.4 Å². The minimum atomic E-state index is -0.364. The van der Waals surface area contributed by atoms with Crippen LogP contribution in [0.3, 0.4) is 0 Å². The first-order chi connectivity index (χ1) is 10.6. The molecule has 4 nitrogen and oxygen atoms in total. The lowest BCUT2D eigenvalue weighted by Crippen LogP contribution is -2.41. The van der Waals surface area contributed by atoms with Crippen molar-refractivity contribution in [1.29, 1.82) is 0 Å². The minimum Gasteiger partial charge on any atom is -0.369 e. The van der Waals surface area contributed by atoms with E-state index in [-0.39, 0.29) is 11.9 Å². The van der Waals surface area contributed by atoms with E-state index >= 15 is 0 Å². The highest BCUT2D eigenvalue weighted by atomic mass is 35.5. The quantitative estimate of drug-likeness (QED) is 0.649. The standard InChI is InChI=1S/C17H16ClN3O/c18-14-9-7-13(8-10-14)16(22)20-17(19)21-11-3-5-12-4-1-2-6-15(12)21/h1-2,4,6-10H,3,5,11H2,(H2,19,20,22). The van der Waals surface area contributed by atoms with Gasteiger partial charge in [-0.2, -0.15) is 4.99 Å². The summed E-state index contributed by atoms with van der Waals surface area (Å²) in [6.07, 6.45) is 2.01. The number of halogens is 1. The van der Waals surface area contributed by atoms with E-state index in [0.29, 0.717) is 10.6 Å². The number of hydrogen-bond acceptors (Lipinski definition) is 1. The van der Waals surface area contributed by atoms with Gasteiger partial charge in [-0.1, -0.05) is 29.8 Å². The Bertz CT molecular complexity index is 725. The number of fused-ring (bicyclic) bond motifs is 1. The molecule has 1 aliphatic rings. The zero-order valence-electron chi connectivity index (χ0n) is 12.0.